The molecule has 36 heavy (non-hydrogen) atoms. The molecule has 2 amide bonds. The minimum Gasteiger partial charge on any atom is -0.340 e. The molecule has 2 aromatic carbocycles. The SMILES string of the molecule is CCCC(N)(CCC)C(=O)NC(CCC)(CCC)C(=O)NN(Cc1ccccc1)Cc1ccccc1. The summed E-state index contributed by atoms with van der Waals surface area (Å²) in [5.74, 6) is -0.400. The van der Waals surface area contributed by atoms with Crippen molar-refractivity contribution in [2.75, 3.05) is 0 Å². The van der Waals surface area contributed by atoms with Crippen LogP contribution < -0.4 is 16.5 Å². The van der Waals surface area contributed by atoms with Crippen LogP contribution in [0.1, 0.15) is 90.2 Å². The number of hydrogen-bond donors (Lipinski definition) is 3. The third-order valence-electron chi connectivity index (χ3n) is 6.68. The highest BCUT2D eigenvalue weighted by Gasteiger charge is 2.43. The number of rotatable bonds is 16. The van der Waals surface area contributed by atoms with Crippen molar-refractivity contribution in [2.24, 2.45) is 5.73 Å². The molecule has 0 aliphatic rings. The van der Waals surface area contributed by atoms with E-state index in [1.54, 1.807) is 0 Å². The number of nitrogens with zero attached hydrogens (tertiary/aromatic N) is 1. The van der Waals surface area contributed by atoms with E-state index in [1.165, 1.54) is 0 Å². The Labute approximate surface area is 218 Å². The second-order valence-corrected chi connectivity index (χ2v) is 9.96. The van der Waals surface area contributed by atoms with Crippen LogP contribution in [0.4, 0.5) is 0 Å². The summed E-state index contributed by atoms with van der Waals surface area (Å²) in [5.41, 5.74) is 10.0. The summed E-state index contributed by atoms with van der Waals surface area (Å²) < 4.78 is 0. The molecule has 0 aromatic heterocycles. The first-order chi connectivity index (χ1) is 17.3. The van der Waals surface area contributed by atoms with E-state index in [0.29, 0.717) is 38.8 Å². The van der Waals surface area contributed by atoms with Gasteiger partial charge in [-0.1, -0.05) is 114 Å². The van der Waals surface area contributed by atoms with Crippen molar-refractivity contribution in [1.29, 1.82) is 0 Å². The number of benzene rings is 2. The zero-order chi connectivity index (χ0) is 26.4. The molecule has 0 spiro atoms. The predicted octanol–water partition coefficient (Wildman–Crippen LogP) is 5.47. The Morgan fingerprint density at radius 1 is 0.694 bits per heavy atom. The van der Waals surface area contributed by atoms with Gasteiger partial charge in [0.25, 0.3) is 5.91 Å². The summed E-state index contributed by atoms with van der Waals surface area (Å²) >= 11 is 0. The zero-order valence-electron chi connectivity index (χ0n) is 22.7. The van der Waals surface area contributed by atoms with Gasteiger partial charge < -0.3 is 11.1 Å². The zero-order valence-corrected chi connectivity index (χ0v) is 22.7. The molecule has 0 aliphatic carbocycles. The predicted molar refractivity (Wildman–Crippen MR) is 148 cm³/mol. The molecule has 0 aliphatic heterocycles. The maximum Gasteiger partial charge on any atom is 0.260 e. The van der Waals surface area contributed by atoms with Crippen LogP contribution in [-0.4, -0.2) is 27.9 Å². The molecule has 0 saturated carbocycles. The fourth-order valence-corrected chi connectivity index (χ4v) is 4.97. The lowest BCUT2D eigenvalue weighted by atomic mass is 9.83. The smallest absolute Gasteiger partial charge is 0.260 e. The molecular formula is C30H46N4O2. The first-order valence-corrected chi connectivity index (χ1v) is 13.6. The number of hydrogen-bond acceptors (Lipinski definition) is 4. The highest BCUT2D eigenvalue weighted by atomic mass is 16.2. The van der Waals surface area contributed by atoms with Crippen LogP contribution in [0.25, 0.3) is 0 Å². The molecule has 0 heterocycles. The van der Waals surface area contributed by atoms with Crippen molar-refractivity contribution in [3.8, 4) is 0 Å². The van der Waals surface area contributed by atoms with Crippen LogP contribution in [-0.2, 0) is 22.7 Å². The summed E-state index contributed by atoms with van der Waals surface area (Å²) in [5, 5.41) is 5.11. The van der Waals surface area contributed by atoms with Gasteiger partial charge in [-0.05, 0) is 36.8 Å². The third-order valence-corrected chi connectivity index (χ3v) is 6.68. The second kappa shape index (κ2) is 14.8. The van der Waals surface area contributed by atoms with Crippen LogP contribution in [0.3, 0.4) is 0 Å². The number of hydrazine groups is 1. The van der Waals surface area contributed by atoms with E-state index in [4.69, 9.17) is 5.73 Å². The standard InChI is InChI=1S/C30H46N4O2/c1-5-19-29(31,20-6-2)27(35)32-30(21-7-3,22-8-4)28(36)33-34(23-25-15-11-9-12-16-25)24-26-17-13-10-14-18-26/h9-18H,5-8,19-24,31H2,1-4H3,(H,32,35)(H,33,36). The maximum atomic E-state index is 14.0. The molecule has 198 valence electrons. The Morgan fingerprint density at radius 3 is 1.50 bits per heavy atom. The normalized spacial score (nSPS) is 11.9. The molecule has 0 unspecified atom stereocenters. The fourth-order valence-electron chi connectivity index (χ4n) is 4.97. The maximum absolute atomic E-state index is 14.0. The first kappa shape index (κ1) is 29.5. The van der Waals surface area contributed by atoms with Crippen LogP contribution in [0.15, 0.2) is 60.7 Å². The van der Waals surface area contributed by atoms with Gasteiger partial charge in [-0.25, -0.2) is 5.01 Å². The Kier molecular flexibility index (Phi) is 12.1. The largest absolute Gasteiger partial charge is 0.340 e. The van der Waals surface area contributed by atoms with Crippen LogP contribution in [0.2, 0.25) is 0 Å². The number of nitrogens with one attached hydrogen (secondary N) is 2. The van der Waals surface area contributed by atoms with E-state index in [-0.39, 0.29) is 11.8 Å². The molecule has 0 saturated heterocycles. The van der Waals surface area contributed by atoms with E-state index in [9.17, 15) is 9.59 Å². The van der Waals surface area contributed by atoms with Gasteiger partial charge in [0.15, 0.2) is 0 Å². The molecule has 0 bridgehead atoms. The Bertz CT molecular complexity index is 864. The first-order valence-electron chi connectivity index (χ1n) is 13.6. The quantitative estimate of drug-likeness (QED) is 0.270. The molecule has 0 fully saturated rings. The number of carbonyl (C=O) groups excluding carboxylic acids is 2. The molecule has 0 atom stereocenters. The van der Waals surface area contributed by atoms with E-state index in [2.05, 4.69) is 35.0 Å². The van der Waals surface area contributed by atoms with Gasteiger partial charge in [0.05, 0.1) is 5.54 Å². The van der Waals surface area contributed by atoms with E-state index < -0.39 is 11.1 Å². The molecule has 6 heteroatoms. The van der Waals surface area contributed by atoms with Crippen molar-refractivity contribution in [3.63, 3.8) is 0 Å². The Balaban J connectivity index is 2.34. The average molecular weight is 495 g/mol. The van der Waals surface area contributed by atoms with Crippen LogP contribution >= 0.6 is 0 Å². The van der Waals surface area contributed by atoms with Crippen LogP contribution in [0.5, 0.6) is 0 Å². The number of amides is 2. The lowest BCUT2D eigenvalue weighted by Crippen LogP contribution is -2.66. The summed E-state index contributed by atoms with van der Waals surface area (Å²) in [4.78, 5) is 27.6. The molecular weight excluding hydrogens is 448 g/mol. The van der Waals surface area contributed by atoms with Crippen molar-refractivity contribution in [2.45, 2.75) is 103 Å². The van der Waals surface area contributed by atoms with E-state index in [1.807, 2.05) is 69.1 Å². The molecule has 6 nitrogen and oxygen atoms in total. The highest BCUT2D eigenvalue weighted by molar-refractivity contribution is 5.94. The number of nitrogens with two attached hydrogens (primary N) is 1. The van der Waals surface area contributed by atoms with E-state index >= 15 is 0 Å². The summed E-state index contributed by atoms with van der Waals surface area (Å²) in [6.45, 7) is 9.26. The topological polar surface area (TPSA) is 87.5 Å². The minimum absolute atomic E-state index is 0.179. The Hall–Kier alpha value is -2.70. The summed E-state index contributed by atoms with van der Waals surface area (Å²) in [6, 6.07) is 20.2. The molecule has 4 N–H and O–H groups in total. The lowest BCUT2D eigenvalue weighted by Gasteiger charge is -2.39. The molecule has 2 rings (SSSR count). The summed E-state index contributed by atoms with van der Waals surface area (Å²) in [7, 11) is 0. The monoisotopic (exact) mass is 494 g/mol. The lowest BCUT2D eigenvalue weighted by molar-refractivity contribution is -0.140. The number of carbonyl (C=O) groups is 2. The van der Waals surface area contributed by atoms with Gasteiger partial charge in [0.1, 0.15) is 5.54 Å². The highest BCUT2D eigenvalue weighted by Crippen LogP contribution is 2.25. The van der Waals surface area contributed by atoms with Gasteiger partial charge in [0, 0.05) is 13.1 Å². The molecule has 0 radical (unpaired) electrons. The van der Waals surface area contributed by atoms with Gasteiger partial charge in [0.2, 0.25) is 5.91 Å². The van der Waals surface area contributed by atoms with Crippen molar-refractivity contribution in [3.05, 3.63) is 71.8 Å². The summed E-state index contributed by atoms with van der Waals surface area (Å²) in [6.07, 6.45) is 5.45. The molecule has 2 aromatic rings. The average Bonchev–Trinajstić information content (AvgIpc) is 2.85. The van der Waals surface area contributed by atoms with Gasteiger partial charge >= 0.3 is 0 Å². The van der Waals surface area contributed by atoms with Gasteiger partial charge in [-0.15, -0.1) is 0 Å². The van der Waals surface area contributed by atoms with Gasteiger partial charge in [-0.3, -0.25) is 15.0 Å². The fraction of sp³-hybridized carbons (Fsp3) is 0.533. The van der Waals surface area contributed by atoms with Crippen LogP contribution in [0, 0.1) is 0 Å². The second-order valence-electron chi connectivity index (χ2n) is 9.96. The van der Waals surface area contributed by atoms with E-state index in [0.717, 1.165) is 36.8 Å². The third kappa shape index (κ3) is 8.45. The van der Waals surface area contributed by atoms with Crippen molar-refractivity contribution in [1.82, 2.24) is 15.8 Å². The minimum atomic E-state index is -1.02. The Morgan fingerprint density at radius 2 is 1.11 bits per heavy atom. The van der Waals surface area contributed by atoms with Gasteiger partial charge in [-0.2, -0.15) is 0 Å². The van der Waals surface area contributed by atoms with Crippen molar-refractivity contribution < 1.29 is 9.59 Å². The van der Waals surface area contributed by atoms with Crippen molar-refractivity contribution >= 4 is 11.8 Å².